The van der Waals surface area contributed by atoms with Gasteiger partial charge in [-0.2, -0.15) is 0 Å². The van der Waals surface area contributed by atoms with Crippen molar-refractivity contribution in [1.82, 2.24) is 0 Å². The molecular weight excluding hydrogens is 412 g/mol. The van der Waals surface area contributed by atoms with Crippen LogP contribution in [0.15, 0.2) is 109 Å². The highest BCUT2D eigenvalue weighted by Gasteiger charge is 2.23. The molecule has 0 saturated carbocycles. The minimum Gasteiger partial charge on any atom is -0.457 e. The van der Waals surface area contributed by atoms with E-state index in [0.717, 1.165) is 16.7 Å². The first-order valence-electron chi connectivity index (χ1n) is 10.8. The highest BCUT2D eigenvalue weighted by Crippen LogP contribution is 2.22. The Labute approximate surface area is 193 Å². The van der Waals surface area contributed by atoms with Crippen molar-refractivity contribution in [3.63, 3.8) is 0 Å². The molecule has 0 radical (unpaired) electrons. The molecule has 164 valence electrons. The number of carbonyl (C=O) groups excluding carboxylic acids is 2. The number of carbonyl (C=O) groups is 2. The summed E-state index contributed by atoms with van der Waals surface area (Å²) in [6, 6.07) is 33.9. The fourth-order valence-electron chi connectivity index (χ4n) is 3.57. The lowest BCUT2D eigenvalue weighted by atomic mass is 9.95. The molecule has 0 spiro atoms. The van der Waals surface area contributed by atoms with Gasteiger partial charge in [-0.15, -0.1) is 0 Å². The van der Waals surface area contributed by atoms with Crippen molar-refractivity contribution < 1.29 is 19.1 Å². The summed E-state index contributed by atoms with van der Waals surface area (Å²) in [6.45, 7) is 0.249. The molecule has 0 aliphatic carbocycles. The minimum atomic E-state index is -0.555. The van der Waals surface area contributed by atoms with Crippen LogP contribution in [0.2, 0.25) is 0 Å². The first-order valence-corrected chi connectivity index (χ1v) is 10.8. The Kier molecular flexibility index (Phi) is 7.29. The van der Waals surface area contributed by atoms with E-state index in [1.54, 1.807) is 12.1 Å². The Hall–Kier alpha value is -4.18. The van der Waals surface area contributed by atoms with Gasteiger partial charge in [-0.25, -0.2) is 9.59 Å². The maximum atomic E-state index is 13.2. The van der Waals surface area contributed by atoms with Crippen molar-refractivity contribution in [2.45, 2.75) is 19.6 Å². The molecule has 0 aromatic heterocycles. The third-order valence-corrected chi connectivity index (χ3v) is 5.24. The second-order valence-corrected chi connectivity index (χ2v) is 7.63. The van der Waals surface area contributed by atoms with Crippen molar-refractivity contribution in [2.75, 3.05) is 0 Å². The molecule has 0 aliphatic rings. The molecule has 4 heteroatoms. The van der Waals surface area contributed by atoms with E-state index < -0.39 is 11.9 Å². The van der Waals surface area contributed by atoms with Crippen LogP contribution >= 0.6 is 0 Å². The van der Waals surface area contributed by atoms with Crippen molar-refractivity contribution in [1.29, 1.82) is 0 Å². The van der Waals surface area contributed by atoms with Gasteiger partial charge < -0.3 is 9.47 Å². The zero-order valence-corrected chi connectivity index (χ0v) is 18.1. The zero-order chi connectivity index (χ0) is 22.9. The van der Waals surface area contributed by atoms with Crippen LogP contribution in [0.25, 0.3) is 0 Å². The van der Waals surface area contributed by atoms with Gasteiger partial charge in [-0.1, -0.05) is 103 Å². The number of esters is 2. The molecule has 0 unspecified atom stereocenters. The lowest BCUT2D eigenvalue weighted by Crippen LogP contribution is -2.17. The second kappa shape index (κ2) is 10.9. The van der Waals surface area contributed by atoms with Crippen LogP contribution < -0.4 is 0 Å². The smallest absolute Gasteiger partial charge is 0.339 e. The van der Waals surface area contributed by atoms with Gasteiger partial charge in [0.25, 0.3) is 0 Å². The highest BCUT2D eigenvalue weighted by molar-refractivity contribution is 6.04. The summed E-state index contributed by atoms with van der Waals surface area (Å²) < 4.78 is 11.1. The predicted octanol–water partition coefficient (Wildman–Crippen LogP) is 5.99. The van der Waals surface area contributed by atoms with E-state index in [9.17, 15) is 9.59 Å². The maximum absolute atomic E-state index is 13.2. The molecule has 4 aromatic rings. The summed E-state index contributed by atoms with van der Waals surface area (Å²) in [6.07, 6.45) is 0.496. The molecule has 0 N–H and O–H groups in total. The zero-order valence-electron chi connectivity index (χ0n) is 18.1. The summed E-state index contributed by atoms with van der Waals surface area (Å²) in [7, 11) is 0. The number of ether oxygens (including phenoxy) is 2. The molecule has 0 aliphatic heterocycles. The monoisotopic (exact) mass is 436 g/mol. The van der Waals surface area contributed by atoms with E-state index in [2.05, 4.69) is 0 Å². The third-order valence-electron chi connectivity index (χ3n) is 5.24. The molecule has 0 bridgehead atoms. The van der Waals surface area contributed by atoms with E-state index >= 15 is 0 Å². The average Bonchev–Trinajstić information content (AvgIpc) is 2.87. The average molecular weight is 437 g/mol. The second-order valence-electron chi connectivity index (χ2n) is 7.63. The fraction of sp³-hybridized carbons (Fsp3) is 0.103. The topological polar surface area (TPSA) is 52.6 Å². The molecule has 0 saturated heterocycles. The molecule has 4 rings (SSSR count). The standard InChI is InChI=1S/C29H24O4/c30-28(32-20-23-13-6-2-7-14-23)26-18-10-17-25(19-22-11-4-1-5-12-22)27(26)29(31)33-21-24-15-8-3-9-16-24/h1-18H,19-21H2. The van der Waals surface area contributed by atoms with Gasteiger partial charge >= 0.3 is 11.9 Å². The predicted molar refractivity (Wildman–Crippen MR) is 127 cm³/mol. The normalized spacial score (nSPS) is 10.4. The lowest BCUT2D eigenvalue weighted by molar-refractivity contribution is 0.0424. The van der Waals surface area contributed by atoms with Gasteiger partial charge in [0.1, 0.15) is 13.2 Å². The van der Waals surface area contributed by atoms with Crippen LogP contribution in [0, 0.1) is 0 Å². The quantitative estimate of drug-likeness (QED) is 0.318. The lowest BCUT2D eigenvalue weighted by Gasteiger charge is -2.14. The van der Waals surface area contributed by atoms with Crippen LogP contribution in [0.5, 0.6) is 0 Å². The molecule has 0 amide bonds. The SMILES string of the molecule is O=C(OCc1ccccc1)c1cccc(Cc2ccccc2)c1C(=O)OCc1ccccc1. The fourth-order valence-corrected chi connectivity index (χ4v) is 3.57. The molecule has 0 fully saturated rings. The van der Waals surface area contributed by atoms with Gasteiger partial charge in [-0.05, 0) is 34.7 Å². The van der Waals surface area contributed by atoms with Crippen molar-refractivity contribution in [3.8, 4) is 0 Å². The van der Waals surface area contributed by atoms with Gasteiger partial charge in [0, 0.05) is 0 Å². The summed E-state index contributed by atoms with van der Waals surface area (Å²) >= 11 is 0. The van der Waals surface area contributed by atoms with Crippen LogP contribution in [0.4, 0.5) is 0 Å². The van der Waals surface area contributed by atoms with Crippen molar-refractivity contribution in [3.05, 3.63) is 143 Å². The van der Waals surface area contributed by atoms with E-state index in [4.69, 9.17) is 9.47 Å². The van der Waals surface area contributed by atoms with E-state index in [-0.39, 0.29) is 24.3 Å². The van der Waals surface area contributed by atoms with Crippen LogP contribution in [-0.4, -0.2) is 11.9 Å². The molecule has 33 heavy (non-hydrogen) atoms. The molecule has 0 atom stereocenters. The molecule has 4 aromatic carbocycles. The minimum absolute atomic E-state index is 0.123. The Morgan fingerprint density at radius 1 is 0.515 bits per heavy atom. The van der Waals surface area contributed by atoms with Crippen LogP contribution in [0.1, 0.15) is 43.0 Å². The highest BCUT2D eigenvalue weighted by atomic mass is 16.5. The van der Waals surface area contributed by atoms with Gasteiger partial charge in [0.2, 0.25) is 0 Å². The third kappa shape index (κ3) is 5.95. The number of rotatable bonds is 8. The first kappa shape index (κ1) is 22.0. The largest absolute Gasteiger partial charge is 0.457 e. The number of benzene rings is 4. The van der Waals surface area contributed by atoms with Gasteiger partial charge in [0.15, 0.2) is 0 Å². The Balaban J connectivity index is 1.60. The van der Waals surface area contributed by atoms with Crippen LogP contribution in [-0.2, 0) is 29.1 Å². The van der Waals surface area contributed by atoms with Crippen LogP contribution in [0.3, 0.4) is 0 Å². The van der Waals surface area contributed by atoms with Crippen molar-refractivity contribution in [2.24, 2.45) is 0 Å². The van der Waals surface area contributed by atoms with E-state index in [0.29, 0.717) is 12.0 Å². The molecule has 0 heterocycles. The summed E-state index contributed by atoms with van der Waals surface area (Å²) in [5, 5.41) is 0. The first-order chi connectivity index (χ1) is 16.2. The Morgan fingerprint density at radius 3 is 1.55 bits per heavy atom. The molecular formula is C29H24O4. The summed E-state index contributed by atoms with van der Waals surface area (Å²) in [4.78, 5) is 26.2. The van der Waals surface area contributed by atoms with Gasteiger partial charge in [-0.3, -0.25) is 0 Å². The summed E-state index contributed by atoms with van der Waals surface area (Å²) in [5.74, 6) is -1.10. The maximum Gasteiger partial charge on any atom is 0.339 e. The van der Waals surface area contributed by atoms with E-state index in [1.165, 1.54) is 0 Å². The molecule has 4 nitrogen and oxygen atoms in total. The Bertz CT molecular complexity index is 1200. The summed E-state index contributed by atoms with van der Waals surface area (Å²) in [5.41, 5.74) is 3.95. The number of hydrogen-bond acceptors (Lipinski definition) is 4. The van der Waals surface area contributed by atoms with Crippen molar-refractivity contribution >= 4 is 11.9 Å². The number of hydrogen-bond donors (Lipinski definition) is 0. The van der Waals surface area contributed by atoms with Gasteiger partial charge in [0.05, 0.1) is 11.1 Å². The van der Waals surface area contributed by atoms with E-state index in [1.807, 2.05) is 97.1 Å². The Morgan fingerprint density at radius 2 is 1.00 bits per heavy atom.